The number of hydrogen-bond donors (Lipinski definition) is 1. The standard InChI is InChI=1S/C24H24N6O2/c1-16-17(2)30(15-27-16)22-13-23(26-14-25-22)32-21-10-8-19(9-11-21)28-24(31)18-6-5-7-20(12-18)29(3)4/h5-15H,1-4H3,(H,28,31). The molecule has 2 heterocycles. The molecule has 1 N–H and O–H groups in total. The molecule has 4 aromatic rings. The molecule has 0 aliphatic rings. The van der Waals surface area contributed by atoms with Crippen LogP contribution in [0.1, 0.15) is 21.7 Å². The molecule has 0 fully saturated rings. The lowest BCUT2D eigenvalue weighted by Gasteiger charge is -2.13. The van der Waals surface area contributed by atoms with E-state index >= 15 is 0 Å². The van der Waals surface area contributed by atoms with Gasteiger partial charge in [0.2, 0.25) is 5.88 Å². The topological polar surface area (TPSA) is 85.2 Å². The van der Waals surface area contributed by atoms with E-state index in [1.165, 1.54) is 6.33 Å². The highest BCUT2D eigenvalue weighted by molar-refractivity contribution is 6.04. The van der Waals surface area contributed by atoms with Gasteiger partial charge in [-0.3, -0.25) is 9.36 Å². The van der Waals surface area contributed by atoms with Gasteiger partial charge in [0.1, 0.15) is 24.2 Å². The van der Waals surface area contributed by atoms with Gasteiger partial charge in [-0.15, -0.1) is 0 Å². The first-order chi connectivity index (χ1) is 15.4. The molecule has 2 aromatic carbocycles. The van der Waals surface area contributed by atoms with Gasteiger partial charge in [0.15, 0.2) is 0 Å². The normalized spacial score (nSPS) is 10.6. The van der Waals surface area contributed by atoms with Crippen LogP contribution in [0.5, 0.6) is 11.6 Å². The molecule has 0 saturated carbocycles. The number of imidazole rings is 1. The number of rotatable bonds is 6. The summed E-state index contributed by atoms with van der Waals surface area (Å²) in [5.74, 6) is 1.52. The second kappa shape index (κ2) is 8.89. The summed E-state index contributed by atoms with van der Waals surface area (Å²) in [6.45, 7) is 3.93. The lowest BCUT2D eigenvalue weighted by atomic mass is 10.1. The van der Waals surface area contributed by atoms with Crippen molar-refractivity contribution in [3.05, 3.63) is 84.2 Å². The molecule has 2 aromatic heterocycles. The number of amides is 1. The lowest BCUT2D eigenvalue weighted by Crippen LogP contribution is -2.14. The Hall–Kier alpha value is -4.20. The number of benzene rings is 2. The van der Waals surface area contributed by atoms with Crippen LogP contribution in [-0.4, -0.2) is 39.5 Å². The van der Waals surface area contributed by atoms with Gasteiger partial charge in [-0.1, -0.05) is 6.07 Å². The van der Waals surface area contributed by atoms with Crippen molar-refractivity contribution >= 4 is 17.3 Å². The number of ether oxygens (including phenoxy) is 1. The highest BCUT2D eigenvalue weighted by Gasteiger charge is 2.10. The van der Waals surface area contributed by atoms with Crippen molar-refractivity contribution < 1.29 is 9.53 Å². The van der Waals surface area contributed by atoms with Crippen molar-refractivity contribution in [2.75, 3.05) is 24.3 Å². The second-order valence-electron chi connectivity index (χ2n) is 7.53. The van der Waals surface area contributed by atoms with Gasteiger partial charge in [0.25, 0.3) is 5.91 Å². The Balaban J connectivity index is 1.44. The van der Waals surface area contributed by atoms with Crippen LogP contribution in [0.3, 0.4) is 0 Å². The van der Waals surface area contributed by atoms with Crippen molar-refractivity contribution in [1.82, 2.24) is 19.5 Å². The maximum Gasteiger partial charge on any atom is 0.255 e. The molecule has 0 bridgehead atoms. The molecule has 0 radical (unpaired) electrons. The number of carbonyl (C=O) groups excluding carboxylic acids is 1. The Kier molecular flexibility index (Phi) is 5.85. The Morgan fingerprint density at radius 3 is 2.47 bits per heavy atom. The third kappa shape index (κ3) is 4.59. The van der Waals surface area contributed by atoms with Crippen molar-refractivity contribution in [3.63, 3.8) is 0 Å². The first-order valence-electron chi connectivity index (χ1n) is 10.1. The van der Waals surface area contributed by atoms with E-state index in [1.54, 1.807) is 42.7 Å². The van der Waals surface area contributed by atoms with Crippen LogP contribution < -0.4 is 15.0 Å². The average Bonchev–Trinajstić information content (AvgIpc) is 3.13. The molecule has 0 atom stereocenters. The van der Waals surface area contributed by atoms with E-state index in [-0.39, 0.29) is 5.91 Å². The monoisotopic (exact) mass is 428 g/mol. The van der Waals surface area contributed by atoms with E-state index in [0.29, 0.717) is 28.7 Å². The SMILES string of the molecule is Cc1ncn(-c2cc(Oc3ccc(NC(=O)c4cccc(N(C)C)c4)cc3)ncn2)c1C. The summed E-state index contributed by atoms with van der Waals surface area (Å²) < 4.78 is 7.75. The Morgan fingerprint density at radius 1 is 1.00 bits per heavy atom. The fraction of sp³-hybridized carbons (Fsp3) is 0.167. The zero-order valence-electron chi connectivity index (χ0n) is 18.4. The predicted octanol–water partition coefficient (Wildman–Crippen LogP) is 4.39. The fourth-order valence-electron chi connectivity index (χ4n) is 3.10. The highest BCUT2D eigenvalue weighted by atomic mass is 16.5. The molecular formula is C24H24N6O2. The molecule has 8 nitrogen and oxygen atoms in total. The summed E-state index contributed by atoms with van der Waals surface area (Å²) in [7, 11) is 3.88. The van der Waals surface area contributed by atoms with Gasteiger partial charge in [-0.25, -0.2) is 15.0 Å². The van der Waals surface area contributed by atoms with Gasteiger partial charge >= 0.3 is 0 Å². The van der Waals surface area contributed by atoms with Crippen LogP contribution in [0.2, 0.25) is 0 Å². The van der Waals surface area contributed by atoms with Crippen molar-refractivity contribution in [2.24, 2.45) is 0 Å². The first kappa shape index (κ1) is 21.0. The van der Waals surface area contributed by atoms with Crippen LogP contribution in [-0.2, 0) is 0 Å². The molecule has 162 valence electrons. The largest absolute Gasteiger partial charge is 0.439 e. The molecular weight excluding hydrogens is 404 g/mol. The molecule has 0 spiro atoms. The van der Waals surface area contributed by atoms with Crippen molar-refractivity contribution in [1.29, 1.82) is 0 Å². The number of anilines is 2. The summed E-state index contributed by atoms with van der Waals surface area (Å²) in [6, 6.07) is 16.3. The Bertz CT molecular complexity index is 1250. The molecule has 0 unspecified atom stereocenters. The number of hydrogen-bond acceptors (Lipinski definition) is 6. The summed E-state index contributed by atoms with van der Waals surface area (Å²) in [6.07, 6.45) is 3.18. The molecule has 1 amide bonds. The van der Waals surface area contributed by atoms with E-state index in [9.17, 15) is 4.79 Å². The number of carbonyl (C=O) groups is 1. The highest BCUT2D eigenvalue weighted by Crippen LogP contribution is 2.23. The van der Waals surface area contributed by atoms with Crippen LogP contribution >= 0.6 is 0 Å². The maximum atomic E-state index is 12.6. The summed E-state index contributed by atoms with van der Waals surface area (Å²) in [4.78, 5) is 27.3. The average molecular weight is 428 g/mol. The minimum atomic E-state index is -0.172. The van der Waals surface area contributed by atoms with Gasteiger partial charge in [-0.2, -0.15) is 0 Å². The van der Waals surface area contributed by atoms with Gasteiger partial charge in [0.05, 0.1) is 5.69 Å². The van der Waals surface area contributed by atoms with Crippen molar-refractivity contribution in [2.45, 2.75) is 13.8 Å². The summed E-state index contributed by atoms with van der Waals surface area (Å²) >= 11 is 0. The smallest absolute Gasteiger partial charge is 0.255 e. The number of nitrogens with zero attached hydrogens (tertiary/aromatic N) is 5. The van der Waals surface area contributed by atoms with E-state index in [2.05, 4.69) is 20.3 Å². The maximum absolute atomic E-state index is 12.6. The molecule has 32 heavy (non-hydrogen) atoms. The predicted molar refractivity (Wildman–Crippen MR) is 124 cm³/mol. The molecule has 4 rings (SSSR count). The molecule has 8 heteroatoms. The molecule has 0 saturated heterocycles. The van der Waals surface area contributed by atoms with Gasteiger partial charge in [-0.05, 0) is 56.3 Å². The van der Waals surface area contributed by atoms with Crippen LogP contribution in [0, 0.1) is 13.8 Å². The third-order valence-electron chi connectivity index (χ3n) is 5.09. The third-order valence-corrected chi connectivity index (χ3v) is 5.09. The summed E-state index contributed by atoms with van der Waals surface area (Å²) in [5.41, 5.74) is 4.18. The number of aromatic nitrogens is 4. The quantitative estimate of drug-likeness (QED) is 0.490. The Labute approximate surface area is 186 Å². The van der Waals surface area contributed by atoms with Crippen LogP contribution in [0.4, 0.5) is 11.4 Å². The molecule has 0 aliphatic heterocycles. The second-order valence-corrected chi connectivity index (χ2v) is 7.53. The van der Waals surface area contributed by atoms with E-state index in [0.717, 1.165) is 17.1 Å². The van der Waals surface area contributed by atoms with E-state index < -0.39 is 0 Å². The zero-order valence-corrected chi connectivity index (χ0v) is 18.4. The minimum absolute atomic E-state index is 0.172. The fourth-order valence-corrected chi connectivity index (χ4v) is 3.10. The summed E-state index contributed by atoms with van der Waals surface area (Å²) in [5, 5.41) is 2.91. The van der Waals surface area contributed by atoms with E-state index in [4.69, 9.17) is 4.74 Å². The van der Waals surface area contributed by atoms with Crippen molar-refractivity contribution in [3.8, 4) is 17.4 Å². The minimum Gasteiger partial charge on any atom is -0.439 e. The zero-order chi connectivity index (χ0) is 22.7. The van der Waals surface area contributed by atoms with Gasteiger partial charge in [0, 0.05) is 42.8 Å². The lowest BCUT2D eigenvalue weighted by molar-refractivity contribution is 0.102. The molecule has 0 aliphatic carbocycles. The van der Waals surface area contributed by atoms with Crippen LogP contribution in [0.25, 0.3) is 5.82 Å². The number of aryl methyl sites for hydroxylation is 1. The number of nitrogens with one attached hydrogen (secondary N) is 1. The van der Waals surface area contributed by atoms with E-state index in [1.807, 2.05) is 55.6 Å². The Morgan fingerprint density at radius 2 is 1.78 bits per heavy atom. The van der Waals surface area contributed by atoms with Crippen LogP contribution in [0.15, 0.2) is 67.3 Å². The first-order valence-corrected chi connectivity index (χ1v) is 10.1. The van der Waals surface area contributed by atoms with Gasteiger partial charge < -0.3 is 15.0 Å².